The normalized spacial score (nSPS) is 24.0. The summed E-state index contributed by atoms with van der Waals surface area (Å²) in [5, 5.41) is 12.1. The summed E-state index contributed by atoms with van der Waals surface area (Å²) in [6.45, 7) is 1.34. The van der Waals surface area contributed by atoms with E-state index in [1.807, 2.05) is 17.0 Å². The van der Waals surface area contributed by atoms with Crippen LogP contribution in [0.1, 0.15) is 36.8 Å². The van der Waals surface area contributed by atoms with Gasteiger partial charge in [0.05, 0.1) is 5.92 Å². The van der Waals surface area contributed by atoms with Gasteiger partial charge in [-0.25, -0.2) is 4.79 Å². The van der Waals surface area contributed by atoms with Crippen LogP contribution in [0.5, 0.6) is 0 Å². The van der Waals surface area contributed by atoms with E-state index in [2.05, 4.69) is 27.3 Å². The van der Waals surface area contributed by atoms with Crippen molar-refractivity contribution in [2.45, 2.75) is 44.7 Å². The molecule has 2 N–H and O–H groups in total. The number of hydrogen-bond donors (Lipinski definition) is 2. The number of halogens is 1. The summed E-state index contributed by atoms with van der Waals surface area (Å²) in [6.07, 6.45) is 3.66. The van der Waals surface area contributed by atoms with Crippen molar-refractivity contribution in [2.24, 2.45) is 5.92 Å². The van der Waals surface area contributed by atoms with Gasteiger partial charge in [0.2, 0.25) is 0 Å². The van der Waals surface area contributed by atoms with Crippen molar-refractivity contribution in [3.63, 3.8) is 0 Å². The van der Waals surface area contributed by atoms with E-state index in [9.17, 15) is 9.59 Å². The molecule has 1 heterocycles. The fourth-order valence-corrected chi connectivity index (χ4v) is 4.00. The summed E-state index contributed by atoms with van der Waals surface area (Å²) in [6, 6.07) is 6.21. The minimum absolute atomic E-state index is 0.0369. The summed E-state index contributed by atoms with van der Waals surface area (Å²) >= 11 is 3.56. The molecule has 2 amide bonds. The molecule has 0 spiro atoms. The highest BCUT2D eigenvalue weighted by molar-refractivity contribution is 9.10. The second-order valence-corrected chi connectivity index (χ2v) is 7.24. The molecular weight excluding hydrogens is 360 g/mol. The fourth-order valence-electron chi connectivity index (χ4n) is 3.46. The van der Waals surface area contributed by atoms with Crippen LogP contribution in [-0.2, 0) is 17.8 Å². The molecule has 1 aliphatic carbocycles. The van der Waals surface area contributed by atoms with Crippen LogP contribution in [0.3, 0.4) is 0 Å². The molecule has 1 saturated carbocycles. The van der Waals surface area contributed by atoms with E-state index >= 15 is 0 Å². The van der Waals surface area contributed by atoms with E-state index < -0.39 is 5.97 Å². The molecule has 3 rings (SSSR count). The largest absolute Gasteiger partial charge is 0.481 e. The molecular formula is C17H21BrN2O3. The number of benzene rings is 1. The lowest BCUT2D eigenvalue weighted by Crippen LogP contribution is -2.47. The first-order chi connectivity index (χ1) is 11.0. The van der Waals surface area contributed by atoms with Gasteiger partial charge in [-0.2, -0.15) is 0 Å². The summed E-state index contributed by atoms with van der Waals surface area (Å²) in [4.78, 5) is 25.3. The van der Waals surface area contributed by atoms with Gasteiger partial charge in [-0.1, -0.05) is 28.1 Å². The lowest BCUT2D eigenvalue weighted by Gasteiger charge is -2.33. The Hall–Kier alpha value is -1.56. The van der Waals surface area contributed by atoms with Crippen LogP contribution < -0.4 is 5.32 Å². The summed E-state index contributed by atoms with van der Waals surface area (Å²) in [7, 11) is 0. The topological polar surface area (TPSA) is 69.6 Å². The Morgan fingerprint density at radius 1 is 1.22 bits per heavy atom. The van der Waals surface area contributed by atoms with Crippen LogP contribution in [0, 0.1) is 5.92 Å². The molecule has 0 bridgehead atoms. The minimum atomic E-state index is -0.715. The molecule has 1 aliphatic heterocycles. The average Bonchev–Trinajstić information content (AvgIpc) is 2.55. The van der Waals surface area contributed by atoms with Gasteiger partial charge in [-0.3, -0.25) is 4.79 Å². The molecule has 6 heteroatoms. The maximum absolute atomic E-state index is 12.5. The van der Waals surface area contributed by atoms with Gasteiger partial charge in [0, 0.05) is 23.6 Å². The van der Waals surface area contributed by atoms with Crippen molar-refractivity contribution < 1.29 is 14.7 Å². The van der Waals surface area contributed by atoms with Crippen molar-refractivity contribution in [3.8, 4) is 0 Å². The Kier molecular flexibility index (Phi) is 4.90. The Morgan fingerprint density at radius 3 is 2.65 bits per heavy atom. The Labute approximate surface area is 144 Å². The number of carboxylic acids is 1. The second kappa shape index (κ2) is 6.91. The number of urea groups is 1. The highest BCUT2D eigenvalue weighted by Crippen LogP contribution is 2.27. The average molecular weight is 381 g/mol. The first kappa shape index (κ1) is 16.3. The van der Waals surface area contributed by atoms with Gasteiger partial charge in [-0.15, -0.1) is 0 Å². The van der Waals surface area contributed by atoms with Gasteiger partial charge in [0.25, 0.3) is 0 Å². The third kappa shape index (κ3) is 3.68. The number of nitrogens with zero attached hydrogens (tertiary/aromatic N) is 1. The van der Waals surface area contributed by atoms with Crippen molar-refractivity contribution in [2.75, 3.05) is 6.54 Å². The van der Waals surface area contributed by atoms with E-state index in [4.69, 9.17) is 5.11 Å². The maximum Gasteiger partial charge on any atom is 0.317 e. The Bertz CT molecular complexity index is 612. The number of carbonyl (C=O) groups excluding carboxylic acids is 1. The summed E-state index contributed by atoms with van der Waals surface area (Å²) in [5.74, 6) is -0.965. The van der Waals surface area contributed by atoms with Gasteiger partial charge >= 0.3 is 12.0 Å². The number of hydrogen-bond acceptors (Lipinski definition) is 2. The van der Waals surface area contributed by atoms with Crippen molar-refractivity contribution in [1.82, 2.24) is 10.2 Å². The number of carbonyl (C=O) groups is 2. The summed E-state index contributed by atoms with van der Waals surface area (Å²) in [5.41, 5.74) is 2.48. The molecule has 0 atom stereocenters. The number of aliphatic carboxylic acids is 1. The zero-order valence-corrected chi connectivity index (χ0v) is 14.5. The van der Waals surface area contributed by atoms with E-state index in [-0.39, 0.29) is 18.0 Å². The molecule has 0 aromatic heterocycles. The molecule has 1 fully saturated rings. The quantitative estimate of drug-likeness (QED) is 0.827. The molecule has 1 aromatic rings. The van der Waals surface area contributed by atoms with Crippen LogP contribution in [-0.4, -0.2) is 34.6 Å². The highest BCUT2D eigenvalue weighted by Gasteiger charge is 2.29. The SMILES string of the molecule is O=C(O)C1CCC(NC(=O)N2CCc3cccc(Br)c3C2)CC1. The van der Waals surface area contributed by atoms with Crippen molar-refractivity contribution in [1.29, 1.82) is 0 Å². The predicted molar refractivity (Wildman–Crippen MR) is 90.2 cm³/mol. The van der Waals surface area contributed by atoms with Gasteiger partial charge in [0.15, 0.2) is 0 Å². The number of carboxylic acid groups (broad SMARTS) is 1. The van der Waals surface area contributed by atoms with Gasteiger partial charge in [0.1, 0.15) is 0 Å². The molecule has 0 unspecified atom stereocenters. The van der Waals surface area contributed by atoms with Crippen LogP contribution in [0.2, 0.25) is 0 Å². The molecule has 1 aromatic carbocycles. The predicted octanol–water partition coefficient (Wildman–Crippen LogP) is 3.16. The molecule has 124 valence electrons. The van der Waals surface area contributed by atoms with E-state index in [1.165, 1.54) is 11.1 Å². The molecule has 0 radical (unpaired) electrons. The van der Waals surface area contributed by atoms with Crippen molar-refractivity contribution >= 4 is 27.9 Å². The number of rotatable bonds is 2. The zero-order valence-electron chi connectivity index (χ0n) is 12.9. The smallest absolute Gasteiger partial charge is 0.317 e. The summed E-state index contributed by atoms with van der Waals surface area (Å²) < 4.78 is 1.05. The Balaban J connectivity index is 1.56. The molecule has 0 saturated heterocycles. The lowest BCUT2D eigenvalue weighted by molar-refractivity contribution is -0.142. The molecule has 2 aliphatic rings. The fraction of sp³-hybridized carbons (Fsp3) is 0.529. The zero-order chi connectivity index (χ0) is 16.4. The van der Waals surface area contributed by atoms with E-state index in [0.29, 0.717) is 19.4 Å². The number of fused-ring (bicyclic) bond motifs is 1. The minimum Gasteiger partial charge on any atom is -0.481 e. The van der Waals surface area contributed by atoms with Crippen LogP contribution in [0.15, 0.2) is 22.7 Å². The van der Waals surface area contributed by atoms with Crippen molar-refractivity contribution in [3.05, 3.63) is 33.8 Å². The standard InChI is InChI=1S/C17H21BrN2O3/c18-15-3-1-2-11-8-9-20(10-14(11)15)17(23)19-13-6-4-12(5-7-13)16(21)22/h1-3,12-13H,4-10H2,(H,19,23)(H,21,22). The third-order valence-electron chi connectivity index (χ3n) is 4.91. The number of amides is 2. The van der Waals surface area contributed by atoms with E-state index in [0.717, 1.165) is 30.3 Å². The van der Waals surface area contributed by atoms with Gasteiger partial charge < -0.3 is 15.3 Å². The third-order valence-corrected chi connectivity index (χ3v) is 5.65. The highest BCUT2D eigenvalue weighted by atomic mass is 79.9. The first-order valence-corrected chi connectivity index (χ1v) is 8.88. The van der Waals surface area contributed by atoms with Crippen LogP contribution >= 0.6 is 15.9 Å². The second-order valence-electron chi connectivity index (χ2n) is 6.39. The van der Waals surface area contributed by atoms with Crippen LogP contribution in [0.4, 0.5) is 4.79 Å². The maximum atomic E-state index is 12.5. The van der Waals surface area contributed by atoms with Crippen LogP contribution in [0.25, 0.3) is 0 Å². The lowest BCUT2D eigenvalue weighted by atomic mass is 9.86. The van der Waals surface area contributed by atoms with Gasteiger partial charge in [-0.05, 0) is 49.3 Å². The monoisotopic (exact) mass is 380 g/mol. The Morgan fingerprint density at radius 2 is 1.96 bits per heavy atom. The number of nitrogens with one attached hydrogen (secondary N) is 1. The molecule has 5 nitrogen and oxygen atoms in total. The molecule has 23 heavy (non-hydrogen) atoms. The first-order valence-electron chi connectivity index (χ1n) is 8.09. The van der Waals surface area contributed by atoms with E-state index in [1.54, 1.807) is 0 Å².